The van der Waals surface area contributed by atoms with Gasteiger partial charge in [0.05, 0.1) is 18.2 Å². The molecule has 2 rings (SSSR count). The van der Waals surface area contributed by atoms with Crippen LogP contribution in [0.4, 0.5) is 8.78 Å². The minimum absolute atomic E-state index is 0.273. The van der Waals surface area contributed by atoms with Gasteiger partial charge in [0.25, 0.3) is 0 Å². The molecule has 0 heterocycles. The van der Waals surface area contributed by atoms with Crippen LogP contribution in [0, 0.1) is 11.6 Å². The van der Waals surface area contributed by atoms with Gasteiger partial charge in [-0.25, -0.2) is 8.78 Å². The fourth-order valence-electron chi connectivity index (χ4n) is 2.11. The number of hydrogen-bond donors (Lipinski definition) is 1. The van der Waals surface area contributed by atoms with Gasteiger partial charge >= 0.3 is 0 Å². The monoisotopic (exact) mass is 375 g/mol. The molecule has 1 N–H and O–H groups in total. The van der Waals surface area contributed by atoms with Crippen molar-refractivity contribution in [1.29, 1.82) is 0 Å². The van der Waals surface area contributed by atoms with Crippen LogP contribution in [-0.4, -0.2) is 14.2 Å². The summed E-state index contributed by atoms with van der Waals surface area (Å²) in [6, 6.07) is 6.54. The third-order valence-corrected chi connectivity index (χ3v) is 4.35. The summed E-state index contributed by atoms with van der Waals surface area (Å²) in [5, 5.41) is 3.27. The number of halogens is 4. The zero-order chi connectivity index (χ0) is 15.6. The second kappa shape index (κ2) is 6.73. The van der Waals surface area contributed by atoms with Crippen molar-refractivity contribution in [3.05, 3.63) is 62.6 Å². The molecule has 0 spiro atoms. The zero-order valence-electron chi connectivity index (χ0n) is 11.4. The highest BCUT2D eigenvalue weighted by Gasteiger charge is 2.21. The summed E-state index contributed by atoms with van der Waals surface area (Å²) in [6.07, 6.45) is 0. The van der Waals surface area contributed by atoms with Gasteiger partial charge in [-0.05, 0) is 41.2 Å². The van der Waals surface area contributed by atoms with E-state index in [1.54, 1.807) is 19.2 Å². The summed E-state index contributed by atoms with van der Waals surface area (Å²) in [7, 11) is 3.09. The summed E-state index contributed by atoms with van der Waals surface area (Å²) >= 11 is 9.16. The molecule has 0 saturated carbocycles. The maximum absolute atomic E-state index is 14.2. The minimum Gasteiger partial charge on any atom is -0.497 e. The highest BCUT2D eigenvalue weighted by atomic mass is 79.9. The molecule has 0 saturated heterocycles. The largest absolute Gasteiger partial charge is 0.497 e. The SMILES string of the molecule is CNC(c1ccc(OC)cc1F)c1cc(Cl)c(Br)cc1F. The van der Waals surface area contributed by atoms with Gasteiger partial charge in [-0.2, -0.15) is 0 Å². The van der Waals surface area contributed by atoms with E-state index in [9.17, 15) is 8.78 Å². The summed E-state index contributed by atoms with van der Waals surface area (Å²) in [4.78, 5) is 0. The van der Waals surface area contributed by atoms with Crippen LogP contribution in [0.15, 0.2) is 34.8 Å². The van der Waals surface area contributed by atoms with Crippen molar-refractivity contribution in [1.82, 2.24) is 5.32 Å². The van der Waals surface area contributed by atoms with Crippen LogP contribution in [0.2, 0.25) is 5.02 Å². The van der Waals surface area contributed by atoms with Gasteiger partial charge in [-0.15, -0.1) is 0 Å². The van der Waals surface area contributed by atoms with E-state index in [0.29, 0.717) is 20.8 Å². The molecule has 0 aromatic heterocycles. The fraction of sp³-hybridized carbons (Fsp3) is 0.200. The van der Waals surface area contributed by atoms with Crippen LogP contribution in [0.3, 0.4) is 0 Å². The van der Waals surface area contributed by atoms with Crippen molar-refractivity contribution < 1.29 is 13.5 Å². The molecule has 0 aliphatic rings. The van der Waals surface area contributed by atoms with Crippen LogP contribution in [0.5, 0.6) is 5.75 Å². The molecule has 21 heavy (non-hydrogen) atoms. The Labute approximate surface area is 135 Å². The summed E-state index contributed by atoms with van der Waals surface area (Å²) in [6.45, 7) is 0. The molecule has 0 aliphatic heterocycles. The number of ether oxygens (including phenoxy) is 1. The molecule has 112 valence electrons. The van der Waals surface area contributed by atoms with Gasteiger partial charge in [0.1, 0.15) is 17.4 Å². The standard InChI is InChI=1S/C15H13BrClF2NO/c1-20-15(9-4-3-8(21-2)5-13(9)18)10-6-12(17)11(16)7-14(10)19/h3-7,15,20H,1-2H3. The summed E-state index contributed by atoms with van der Waals surface area (Å²) in [5.74, 6) is -0.548. The molecule has 1 atom stereocenters. The van der Waals surface area contributed by atoms with Crippen LogP contribution in [0.25, 0.3) is 0 Å². The van der Waals surface area contributed by atoms with E-state index in [2.05, 4.69) is 21.2 Å². The molecular weight excluding hydrogens is 364 g/mol. The third-order valence-electron chi connectivity index (χ3n) is 3.16. The fourth-order valence-corrected chi connectivity index (χ4v) is 2.59. The van der Waals surface area contributed by atoms with E-state index in [0.717, 1.165) is 0 Å². The normalized spacial score (nSPS) is 12.3. The highest BCUT2D eigenvalue weighted by Crippen LogP contribution is 2.33. The number of benzene rings is 2. The number of methoxy groups -OCH3 is 1. The molecule has 0 bridgehead atoms. The first-order valence-electron chi connectivity index (χ1n) is 6.13. The summed E-state index contributed by atoms with van der Waals surface area (Å²) in [5.41, 5.74) is 0.588. The van der Waals surface area contributed by atoms with Crippen molar-refractivity contribution >= 4 is 27.5 Å². The topological polar surface area (TPSA) is 21.3 Å². The van der Waals surface area contributed by atoms with Crippen molar-refractivity contribution in [2.75, 3.05) is 14.2 Å². The van der Waals surface area contributed by atoms with E-state index < -0.39 is 17.7 Å². The van der Waals surface area contributed by atoms with Crippen molar-refractivity contribution in [3.63, 3.8) is 0 Å². The predicted molar refractivity (Wildman–Crippen MR) is 83.0 cm³/mol. The van der Waals surface area contributed by atoms with Crippen molar-refractivity contribution in [3.8, 4) is 5.75 Å². The average Bonchev–Trinajstić information content (AvgIpc) is 2.46. The van der Waals surface area contributed by atoms with Crippen LogP contribution in [0.1, 0.15) is 17.2 Å². The number of hydrogen-bond acceptors (Lipinski definition) is 2. The summed E-state index contributed by atoms with van der Waals surface area (Å²) < 4.78 is 33.8. The lowest BCUT2D eigenvalue weighted by Crippen LogP contribution is -2.20. The molecule has 0 fully saturated rings. The third kappa shape index (κ3) is 3.36. The average molecular weight is 377 g/mol. The van der Waals surface area contributed by atoms with Crippen LogP contribution >= 0.6 is 27.5 Å². The minimum atomic E-state index is -0.651. The first-order valence-corrected chi connectivity index (χ1v) is 7.30. The van der Waals surface area contributed by atoms with Gasteiger partial charge in [-0.1, -0.05) is 17.7 Å². The van der Waals surface area contributed by atoms with E-state index in [1.807, 2.05) is 0 Å². The lowest BCUT2D eigenvalue weighted by molar-refractivity contribution is 0.410. The Balaban J connectivity index is 2.52. The Morgan fingerprint density at radius 2 is 1.81 bits per heavy atom. The number of rotatable bonds is 4. The molecule has 2 aromatic carbocycles. The zero-order valence-corrected chi connectivity index (χ0v) is 13.7. The lowest BCUT2D eigenvalue weighted by Gasteiger charge is -2.19. The molecule has 6 heteroatoms. The Bertz CT molecular complexity index is 666. The molecule has 2 nitrogen and oxygen atoms in total. The molecular formula is C15H13BrClF2NO. The second-order valence-electron chi connectivity index (χ2n) is 4.40. The maximum atomic E-state index is 14.2. The molecule has 0 amide bonds. The van der Waals surface area contributed by atoms with Crippen LogP contribution in [-0.2, 0) is 0 Å². The van der Waals surface area contributed by atoms with Gasteiger partial charge in [0, 0.05) is 21.7 Å². The first kappa shape index (κ1) is 16.2. The van der Waals surface area contributed by atoms with E-state index in [4.69, 9.17) is 16.3 Å². The van der Waals surface area contributed by atoms with Gasteiger partial charge in [-0.3, -0.25) is 0 Å². The van der Waals surface area contributed by atoms with Crippen LogP contribution < -0.4 is 10.1 Å². The maximum Gasteiger partial charge on any atom is 0.132 e. The van der Waals surface area contributed by atoms with E-state index in [-0.39, 0.29) is 5.56 Å². The quantitative estimate of drug-likeness (QED) is 0.781. The van der Waals surface area contributed by atoms with Crippen molar-refractivity contribution in [2.45, 2.75) is 6.04 Å². The molecule has 0 radical (unpaired) electrons. The first-order chi connectivity index (χ1) is 9.97. The molecule has 0 aliphatic carbocycles. The van der Waals surface area contributed by atoms with E-state index >= 15 is 0 Å². The predicted octanol–water partition coefficient (Wildman–Crippen LogP) is 4.70. The van der Waals surface area contributed by atoms with Gasteiger partial charge in [0.2, 0.25) is 0 Å². The molecule has 1 unspecified atom stereocenters. The molecule has 2 aromatic rings. The lowest BCUT2D eigenvalue weighted by atomic mass is 9.97. The highest BCUT2D eigenvalue weighted by molar-refractivity contribution is 9.10. The Morgan fingerprint density at radius 3 is 2.38 bits per heavy atom. The van der Waals surface area contributed by atoms with Gasteiger partial charge < -0.3 is 10.1 Å². The van der Waals surface area contributed by atoms with E-state index in [1.165, 1.54) is 25.3 Å². The smallest absolute Gasteiger partial charge is 0.132 e. The number of nitrogens with one attached hydrogen (secondary N) is 1. The Hall–Kier alpha value is -1.17. The van der Waals surface area contributed by atoms with Crippen molar-refractivity contribution in [2.24, 2.45) is 0 Å². The Kier molecular flexibility index (Phi) is 5.19. The van der Waals surface area contributed by atoms with Gasteiger partial charge in [0.15, 0.2) is 0 Å². The second-order valence-corrected chi connectivity index (χ2v) is 5.66. The Morgan fingerprint density at radius 1 is 1.14 bits per heavy atom.